The average molecular weight is 311 g/mol. The van der Waals surface area contributed by atoms with E-state index in [0.717, 1.165) is 24.3 Å². The molecule has 7 heteroatoms. The van der Waals surface area contributed by atoms with Crippen LogP contribution in [0.3, 0.4) is 0 Å². The number of nitrogens with one attached hydrogen (secondary N) is 2. The van der Waals surface area contributed by atoms with Crippen LogP contribution in [-0.4, -0.2) is 20.6 Å². The number of rotatable bonds is 4. The van der Waals surface area contributed by atoms with Crippen molar-refractivity contribution < 1.29 is 9.21 Å². The molecule has 0 atom stereocenters. The second kappa shape index (κ2) is 5.75. The molecule has 0 saturated heterocycles. The van der Waals surface area contributed by atoms with E-state index in [1.54, 1.807) is 12.3 Å². The van der Waals surface area contributed by atoms with Crippen LogP contribution in [0.4, 0.5) is 10.5 Å². The lowest BCUT2D eigenvalue weighted by Gasteiger charge is -2.23. The molecule has 1 aliphatic carbocycles. The Morgan fingerprint density at radius 2 is 2.22 bits per heavy atom. The Kier molecular flexibility index (Phi) is 3.45. The van der Waals surface area contributed by atoms with Crippen molar-refractivity contribution in [3.8, 4) is 0 Å². The van der Waals surface area contributed by atoms with Gasteiger partial charge in [-0.1, -0.05) is 6.42 Å². The minimum Gasteiger partial charge on any atom is -0.467 e. The predicted molar refractivity (Wildman–Crippen MR) is 84.1 cm³/mol. The zero-order valence-electron chi connectivity index (χ0n) is 12.5. The number of furan rings is 1. The number of carbonyl (C=O) groups excluding carboxylic acids is 1. The third kappa shape index (κ3) is 2.77. The largest absolute Gasteiger partial charge is 0.467 e. The molecule has 118 valence electrons. The van der Waals surface area contributed by atoms with Gasteiger partial charge in [0.05, 0.1) is 18.5 Å². The predicted octanol–water partition coefficient (Wildman–Crippen LogP) is 2.91. The fourth-order valence-electron chi connectivity index (χ4n) is 2.68. The van der Waals surface area contributed by atoms with Crippen molar-refractivity contribution in [3.05, 3.63) is 48.3 Å². The Morgan fingerprint density at radius 1 is 1.30 bits per heavy atom. The normalized spacial score (nSPS) is 14.6. The van der Waals surface area contributed by atoms with Gasteiger partial charge in [-0.2, -0.15) is 0 Å². The second-order valence-electron chi connectivity index (χ2n) is 5.72. The molecular weight excluding hydrogens is 294 g/mol. The average Bonchev–Trinajstić information content (AvgIpc) is 3.14. The molecule has 0 unspecified atom stereocenters. The van der Waals surface area contributed by atoms with Crippen LogP contribution in [0.1, 0.15) is 36.8 Å². The van der Waals surface area contributed by atoms with Gasteiger partial charge < -0.3 is 15.1 Å². The van der Waals surface area contributed by atoms with E-state index in [-0.39, 0.29) is 6.03 Å². The smallest absolute Gasteiger partial charge is 0.319 e. The number of fused-ring (bicyclic) bond motifs is 1. The molecule has 0 aliphatic heterocycles. The summed E-state index contributed by atoms with van der Waals surface area (Å²) in [5.74, 6) is 2.17. The van der Waals surface area contributed by atoms with Crippen LogP contribution >= 0.6 is 0 Å². The van der Waals surface area contributed by atoms with E-state index >= 15 is 0 Å². The minimum absolute atomic E-state index is 0.279. The maximum Gasteiger partial charge on any atom is 0.319 e. The molecule has 1 aliphatic rings. The van der Waals surface area contributed by atoms with Gasteiger partial charge in [0.2, 0.25) is 0 Å². The second-order valence-corrected chi connectivity index (χ2v) is 5.72. The van der Waals surface area contributed by atoms with Crippen molar-refractivity contribution >= 4 is 17.4 Å². The minimum atomic E-state index is -0.279. The van der Waals surface area contributed by atoms with Gasteiger partial charge in [0.1, 0.15) is 11.6 Å². The highest BCUT2D eigenvalue weighted by Crippen LogP contribution is 2.35. The van der Waals surface area contributed by atoms with Crippen LogP contribution in [0.2, 0.25) is 0 Å². The lowest BCUT2D eigenvalue weighted by atomic mass is 9.85. The number of hydrogen-bond donors (Lipinski definition) is 2. The zero-order chi connectivity index (χ0) is 15.6. The summed E-state index contributed by atoms with van der Waals surface area (Å²) in [6, 6.07) is 7.00. The summed E-state index contributed by atoms with van der Waals surface area (Å²) in [5, 5.41) is 14.0. The maximum absolute atomic E-state index is 12.0. The molecule has 2 amide bonds. The number of pyridine rings is 1. The topological polar surface area (TPSA) is 84.5 Å². The third-order valence-electron chi connectivity index (χ3n) is 4.16. The van der Waals surface area contributed by atoms with E-state index in [0.29, 0.717) is 23.9 Å². The van der Waals surface area contributed by atoms with Gasteiger partial charge in [0, 0.05) is 12.1 Å². The van der Waals surface area contributed by atoms with Gasteiger partial charge in [0.15, 0.2) is 5.65 Å². The Morgan fingerprint density at radius 3 is 2.96 bits per heavy atom. The Bertz CT molecular complexity index is 820. The molecule has 3 aromatic heterocycles. The van der Waals surface area contributed by atoms with E-state index in [2.05, 4.69) is 20.8 Å². The first kappa shape index (κ1) is 13.8. The van der Waals surface area contributed by atoms with Gasteiger partial charge in [-0.3, -0.25) is 4.40 Å². The summed E-state index contributed by atoms with van der Waals surface area (Å²) in [5.41, 5.74) is 1.50. The summed E-state index contributed by atoms with van der Waals surface area (Å²) in [6.07, 6.45) is 7.00. The van der Waals surface area contributed by atoms with E-state index in [1.807, 2.05) is 28.8 Å². The molecule has 23 heavy (non-hydrogen) atoms. The van der Waals surface area contributed by atoms with E-state index in [9.17, 15) is 4.79 Å². The summed E-state index contributed by atoms with van der Waals surface area (Å²) in [4.78, 5) is 12.0. The van der Waals surface area contributed by atoms with Crippen LogP contribution in [0.15, 0.2) is 41.1 Å². The number of carbonyl (C=O) groups is 1. The first-order valence-electron chi connectivity index (χ1n) is 7.71. The quantitative estimate of drug-likeness (QED) is 0.776. The molecule has 0 radical (unpaired) electrons. The van der Waals surface area contributed by atoms with Crippen molar-refractivity contribution in [2.45, 2.75) is 31.7 Å². The summed E-state index contributed by atoms with van der Waals surface area (Å²) in [7, 11) is 0. The maximum atomic E-state index is 12.0. The summed E-state index contributed by atoms with van der Waals surface area (Å²) in [6.45, 7) is 0.348. The first-order chi connectivity index (χ1) is 11.3. The highest BCUT2D eigenvalue weighted by molar-refractivity contribution is 5.89. The molecule has 3 heterocycles. The van der Waals surface area contributed by atoms with E-state index in [4.69, 9.17) is 4.42 Å². The monoisotopic (exact) mass is 311 g/mol. The van der Waals surface area contributed by atoms with Gasteiger partial charge in [-0.05, 0) is 37.1 Å². The van der Waals surface area contributed by atoms with E-state index < -0.39 is 0 Å². The molecule has 1 fully saturated rings. The summed E-state index contributed by atoms with van der Waals surface area (Å²) >= 11 is 0. The van der Waals surface area contributed by atoms with Crippen LogP contribution < -0.4 is 10.6 Å². The molecule has 0 spiro atoms. The van der Waals surface area contributed by atoms with Crippen LogP contribution in [0.25, 0.3) is 5.65 Å². The van der Waals surface area contributed by atoms with Crippen molar-refractivity contribution in [2.75, 3.05) is 5.32 Å². The van der Waals surface area contributed by atoms with Gasteiger partial charge >= 0.3 is 6.03 Å². The fourth-order valence-corrected chi connectivity index (χ4v) is 2.68. The molecule has 4 rings (SSSR count). The molecule has 7 nitrogen and oxygen atoms in total. The zero-order valence-corrected chi connectivity index (χ0v) is 12.5. The van der Waals surface area contributed by atoms with Crippen LogP contribution in [-0.2, 0) is 6.54 Å². The molecule has 0 aromatic carbocycles. The third-order valence-corrected chi connectivity index (χ3v) is 4.16. The Labute approximate surface area is 132 Å². The van der Waals surface area contributed by atoms with Crippen LogP contribution in [0, 0.1) is 0 Å². The molecule has 3 aromatic rings. The van der Waals surface area contributed by atoms with Crippen molar-refractivity contribution in [2.24, 2.45) is 0 Å². The number of amides is 2. The highest BCUT2D eigenvalue weighted by Gasteiger charge is 2.24. The molecule has 1 saturated carbocycles. The van der Waals surface area contributed by atoms with E-state index in [1.165, 1.54) is 6.42 Å². The Balaban J connectivity index is 1.46. The van der Waals surface area contributed by atoms with Crippen molar-refractivity contribution in [3.63, 3.8) is 0 Å². The lowest BCUT2D eigenvalue weighted by molar-refractivity contribution is 0.251. The molecular formula is C16H17N5O2. The lowest BCUT2D eigenvalue weighted by Crippen LogP contribution is -2.28. The van der Waals surface area contributed by atoms with Gasteiger partial charge in [-0.15, -0.1) is 10.2 Å². The summed E-state index contributed by atoms with van der Waals surface area (Å²) < 4.78 is 7.14. The van der Waals surface area contributed by atoms with Gasteiger partial charge in [-0.25, -0.2) is 4.79 Å². The molecule has 2 N–H and O–H groups in total. The highest BCUT2D eigenvalue weighted by atomic mass is 16.3. The fraction of sp³-hybridized carbons (Fsp3) is 0.312. The number of anilines is 1. The number of aromatic nitrogens is 3. The van der Waals surface area contributed by atoms with Crippen molar-refractivity contribution in [1.29, 1.82) is 0 Å². The molecule has 0 bridgehead atoms. The number of hydrogen-bond acceptors (Lipinski definition) is 4. The number of nitrogens with zero attached hydrogens (tertiary/aromatic N) is 3. The van der Waals surface area contributed by atoms with Crippen molar-refractivity contribution in [1.82, 2.24) is 19.9 Å². The standard InChI is InChI=1S/C16H17N5O2/c22-16(17-9-13-5-2-8-23-13)18-12-6-7-14-19-20-15(21(14)10-12)11-3-1-4-11/h2,5-8,10-11H,1,3-4,9H2,(H2,17,18,22). The number of urea groups is 1. The van der Waals surface area contributed by atoms with Gasteiger partial charge in [0.25, 0.3) is 0 Å². The SMILES string of the molecule is O=C(NCc1ccco1)Nc1ccc2nnc(C3CCC3)n2c1. The Hall–Kier alpha value is -2.83. The first-order valence-corrected chi connectivity index (χ1v) is 7.71. The van der Waals surface area contributed by atoms with Crippen LogP contribution in [0.5, 0.6) is 0 Å².